The fraction of sp³-hybridized carbons (Fsp3) is 0.708. The van der Waals surface area contributed by atoms with Gasteiger partial charge in [-0.1, -0.05) is 31.2 Å². The van der Waals surface area contributed by atoms with E-state index in [-0.39, 0.29) is 0 Å². The van der Waals surface area contributed by atoms with Crippen LogP contribution in [0, 0.1) is 0 Å². The number of likely N-dealkylation sites (tertiary alicyclic amines) is 1. The third-order valence-corrected chi connectivity index (χ3v) is 6.08. The largest absolute Gasteiger partial charge is 0.373 e. The Hall–Kier alpha value is -1.63. The van der Waals surface area contributed by atoms with Gasteiger partial charge in [0.1, 0.15) is 0 Å². The number of hydrogen-bond acceptors (Lipinski definition) is 4. The zero-order valence-electron chi connectivity index (χ0n) is 19.4. The zero-order chi connectivity index (χ0) is 21.3. The highest BCUT2D eigenvalue weighted by atomic mass is 16.5. The number of morpholine rings is 1. The minimum atomic E-state index is 0.315. The summed E-state index contributed by atoms with van der Waals surface area (Å²) in [5.41, 5.74) is 2.64. The average Bonchev–Trinajstić information content (AvgIpc) is 2.73. The first-order valence-electron chi connectivity index (χ1n) is 11.7. The van der Waals surface area contributed by atoms with Gasteiger partial charge in [-0.3, -0.25) is 9.89 Å². The highest BCUT2D eigenvalue weighted by molar-refractivity contribution is 5.79. The second-order valence-corrected chi connectivity index (χ2v) is 8.95. The molecule has 0 amide bonds. The quantitative estimate of drug-likeness (QED) is 0.530. The Morgan fingerprint density at radius 1 is 1.03 bits per heavy atom. The van der Waals surface area contributed by atoms with Crippen molar-refractivity contribution in [3.8, 4) is 0 Å². The number of nitrogens with zero attached hydrogens (tertiary/aromatic N) is 3. The lowest BCUT2D eigenvalue weighted by Gasteiger charge is -2.35. The van der Waals surface area contributed by atoms with Gasteiger partial charge < -0.3 is 20.3 Å². The van der Waals surface area contributed by atoms with E-state index in [0.717, 1.165) is 32.1 Å². The van der Waals surface area contributed by atoms with Crippen LogP contribution in [0.15, 0.2) is 29.3 Å². The fourth-order valence-electron chi connectivity index (χ4n) is 4.63. The van der Waals surface area contributed by atoms with Crippen molar-refractivity contribution in [1.82, 2.24) is 20.4 Å². The zero-order valence-corrected chi connectivity index (χ0v) is 19.4. The molecule has 1 aromatic rings. The normalized spacial score (nSPS) is 24.7. The number of rotatable bonds is 7. The molecule has 168 valence electrons. The van der Waals surface area contributed by atoms with Crippen LogP contribution in [0.5, 0.6) is 0 Å². The fourth-order valence-corrected chi connectivity index (χ4v) is 4.63. The van der Waals surface area contributed by atoms with Crippen molar-refractivity contribution in [1.29, 1.82) is 0 Å². The van der Waals surface area contributed by atoms with Crippen LogP contribution in [0.25, 0.3) is 0 Å². The summed E-state index contributed by atoms with van der Waals surface area (Å²) in [6, 6.07) is 9.48. The lowest BCUT2D eigenvalue weighted by molar-refractivity contribution is -0.0704. The van der Waals surface area contributed by atoms with Crippen LogP contribution < -0.4 is 10.6 Å². The molecule has 2 saturated heterocycles. The molecule has 0 radical (unpaired) electrons. The Balaban J connectivity index is 1.41. The Bertz CT molecular complexity index is 644. The second-order valence-electron chi connectivity index (χ2n) is 8.95. The Labute approximate surface area is 183 Å². The maximum absolute atomic E-state index is 5.84. The summed E-state index contributed by atoms with van der Waals surface area (Å²) in [6.45, 7) is 14.0. The van der Waals surface area contributed by atoms with E-state index in [0.29, 0.717) is 18.2 Å². The third kappa shape index (κ3) is 7.25. The molecule has 0 spiro atoms. The molecule has 2 aliphatic heterocycles. The predicted octanol–water partition coefficient (Wildman–Crippen LogP) is 2.84. The first-order valence-corrected chi connectivity index (χ1v) is 11.7. The van der Waals surface area contributed by atoms with E-state index in [1.165, 1.54) is 50.0 Å². The molecule has 2 atom stereocenters. The van der Waals surface area contributed by atoms with Crippen molar-refractivity contribution >= 4 is 5.96 Å². The molecular formula is C24H41N5O. The summed E-state index contributed by atoms with van der Waals surface area (Å²) in [5, 5.41) is 7.09. The van der Waals surface area contributed by atoms with Crippen LogP contribution in [0.3, 0.4) is 0 Å². The summed E-state index contributed by atoms with van der Waals surface area (Å²) in [6.07, 6.45) is 4.25. The lowest BCUT2D eigenvalue weighted by atomic mass is 10.1. The van der Waals surface area contributed by atoms with Crippen LogP contribution in [0.1, 0.15) is 51.2 Å². The Kier molecular flexibility index (Phi) is 8.97. The van der Waals surface area contributed by atoms with Crippen LogP contribution in [-0.4, -0.2) is 73.8 Å². The number of benzene rings is 1. The number of guanidine groups is 1. The van der Waals surface area contributed by atoms with Crippen molar-refractivity contribution in [2.75, 3.05) is 39.8 Å². The average molecular weight is 416 g/mol. The monoisotopic (exact) mass is 415 g/mol. The number of ether oxygens (including phenoxy) is 1. The summed E-state index contributed by atoms with van der Waals surface area (Å²) in [4.78, 5) is 9.48. The molecule has 2 N–H and O–H groups in total. The molecule has 0 saturated carbocycles. The van der Waals surface area contributed by atoms with Gasteiger partial charge in [-0.05, 0) is 50.8 Å². The van der Waals surface area contributed by atoms with Gasteiger partial charge in [0.15, 0.2) is 5.96 Å². The van der Waals surface area contributed by atoms with Crippen LogP contribution in [0.4, 0.5) is 0 Å². The van der Waals surface area contributed by atoms with Crippen molar-refractivity contribution in [2.45, 2.75) is 71.4 Å². The number of hydrogen-bond donors (Lipinski definition) is 2. The smallest absolute Gasteiger partial charge is 0.191 e. The van der Waals surface area contributed by atoms with Crippen molar-refractivity contribution in [2.24, 2.45) is 4.99 Å². The van der Waals surface area contributed by atoms with Gasteiger partial charge in [-0.25, -0.2) is 0 Å². The SMILES string of the molecule is CCCN1CCC(NC(=NC)NCc2ccc(CN3CC(C)OC(C)C3)cc2)CC1. The van der Waals surface area contributed by atoms with Crippen LogP contribution in [-0.2, 0) is 17.8 Å². The molecule has 2 heterocycles. The number of aliphatic imine (C=N–C) groups is 1. The molecule has 0 bridgehead atoms. The minimum Gasteiger partial charge on any atom is -0.373 e. The molecule has 2 fully saturated rings. The molecule has 3 rings (SSSR count). The van der Waals surface area contributed by atoms with Crippen LogP contribution in [0.2, 0.25) is 0 Å². The van der Waals surface area contributed by atoms with Gasteiger partial charge in [0.25, 0.3) is 0 Å². The van der Waals surface area contributed by atoms with Gasteiger partial charge in [-0.2, -0.15) is 0 Å². The summed E-state index contributed by atoms with van der Waals surface area (Å²) >= 11 is 0. The summed E-state index contributed by atoms with van der Waals surface area (Å²) in [5.74, 6) is 0.907. The molecule has 30 heavy (non-hydrogen) atoms. The molecule has 6 nitrogen and oxygen atoms in total. The molecule has 6 heteroatoms. The first-order chi connectivity index (χ1) is 14.6. The molecule has 2 aliphatic rings. The molecule has 2 unspecified atom stereocenters. The van der Waals surface area contributed by atoms with Crippen molar-refractivity contribution in [3.05, 3.63) is 35.4 Å². The standard InChI is InChI=1S/C24H41N5O/c1-5-12-28-13-10-23(11-14-28)27-24(25-4)26-15-21-6-8-22(9-7-21)18-29-16-19(2)30-20(3)17-29/h6-9,19-20,23H,5,10-18H2,1-4H3,(H2,25,26,27). The molecule has 1 aromatic carbocycles. The Morgan fingerprint density at radius 3 is 2.27 bits per heavy atom. The highest BCUT2D eigenvalue weighted by Crippen LogP contribution is 2.15. The molecule has 0 aliphatic carbocycles. The van der Waals surface area contributed by atoms with E-state index in [9.17, 15) is 0 Å². The van der Waals surface area contributed by atoms with Crippen molar-refractivity contribution in [3.63, 3.8) is 0 Å². The first kappa shape index (κ1) is 23.0. The van der Waals surface area contributed by atoms with Gasteiger partial charge >= 0.3 is 0 Å². The maximum atomic E-state index is 5.84. The van der Waals surface area contributed by atoms with E-state index < -0.39 is 0 Å². The highest BCUT2D eigenvalue weighted by Gasteiger charge is 2.22. The molecular weight excluding hydrogens is 374 g/mol. The third-order valence-electron chi connectivity index (χ3n) is 6.08. The maximum Gasteiger partial charge on any atom is 0.191 e. The van der Waals surface area contributed by atoms with Crippen LogP contribution >= 0.6 is 0 Å². The van der Waals surface area contributed by atoms with Gasteiger partial charge in [-0.15, -0.1) is 0 Å². The molecule has 0 aromatic heterocycles. The summed E-state index contributed by atoms with van der Waals surface area (Å²) in [7, 11) is 1.86. The topological polar surface area (TPSA) is 52.1 Å². The number of piperidine rings is 1. The lowest BCUT2D eigenvalue weighted by Crippen LogP contribution is -2.48. The minimum absolute atomic E-state index is 0.315. The second kappa shape index (κ2) is 11.7. The van der Waals surface area contributed by atoms with Gasteiger partial charge in [0.05, 0.1) is 12.2 Å². The summed E-state index contributed by atoms with van der Waals surface area (Å²) < 4.78 is 5.84. The Morgan fingerprint density at radius 2 is 1.67 bits per heavy atom. The van der Waals surface area contributed by atoms with E-state index in [1.807, 2.05) is 7.05 Å². The van der Waals surface area contributed by atoms with E-state index in [2.05, 4.69) is 70.5 Å². The van der Waals surface area contributed by atoms with Gasteiger partial charge in [0, 0.05) is 52.4 Å². The van der Waals surface area contributed by atoms with E-state index in [4.69, 9.17) is 4.74 Å². The van der Waals surface area contributed by atoms with E-state index in [1.54, 1.807) is 0 Å². The van der Waals surface area contributed by atoms with Crippen molar-refractivity contribution < 1.29 is 4.74 Å². The van der Waals surface area contributed by atoms with Gasteiger partial charge in [0.2, 0.25) is 0 Å². The number of nitrogens with one attached hydrogen (secondary N) is 2. The predicted molar refractivity (Wildman–Crippen MR) is 125 cm³/mol. The van der Waals surface area contributed by atoms with E-state index >= 15 is 0 Å².